The smallest absolute Gasteiger partial charge is 0.138 e. The summed E-state index contributed by atoms with van der Waals surface area (Å²) in [6.07, 6.45) is 1.70. The third-order valence-corrected chi connectivity index (χ3v) is 5.82. The fourth-order valence-electron chi connectivity index (χ4n) is 3.68. The number of benzene rings is 3. The highest BCUT2D eigenvalue weighted by Crippen LogP contribution is 2.32. The molecule has 0 radical (unpaired) electrons. The number of hydrogen-bond donors (Lipinski definition) is 3. The molecule has 6 aromatic rings. The second-order valence-corrected chi connectivity index (χ2v) is 7.90. The zero-order chi connectivity index (χ0) is 20.2. The van der Waals surface area contributed by atoms with Crippen molar-refractivity contribution in [3.63, 3.8) is 0 Å². The van der Waals surface area contributed by atoms with E-state index >= 15 is 0 Å². The molecule has 0 aliphatic carbocycles. The summed E-state index contributed by atoms with van der Waals surface area (Å²) in [6.45, 7) is 0. The number of halogens is 1. The molecule has 146 valence electrons. The SMILES string of the molecule is COc1cc2nc(-c3ccc4nc(-c5ccc6nc[nH]c6c5)[nH]c4c3)[nH]c2cc1Br. The minimum absolute atomic E-state index is 0.753. The standard InChI is InChI=1S/C22H15BrN6O/c1-30-20-9-19-18(8-13(20)23)28-22(29-19)12-3-5-15-17(7-12)27-21(26-15)11-2-4-14-16(6-11)25-10-24-14/h2-10H,1H3,(H,24,25)(H,26,27)(H,28,29). The third-order valence-electron chi connectivity index (χ3n) is 5.20. The molecule has 8 heteroatoms. The van der Waals surface area contributed by atoms with Crippen molar-refractivity contribution in [2.75, 3.05) is 7.11 Å². The van der Waals surface area contributed by atoms with E-state index in [1.165, 1.54) is 0 Å². The average molecular weight is 459 g/mol. The maximum absolute atomic E-state index is 5.37. The van der Waals surface area contributed by atoms with Crippen molar-refractivity contribution in [2.24, 2.45) is 0 Å². The summed E-state index contributed by atoms with van der Waals surface area (Å²) < 4.78 is 6.26. The second kappa shape index (κ2) is 6.43. The summed E-state index contributed by atoms with van der Waals surface area (Å²) in [7, 11) is 1.65. The first-order valence-electron chi connectivity index (χ1n) is 9.35. The summed E-state index contributed by atoms with van der Waals surface area (Å²) in [5, 5.41) is 0. The van der Waals surface area contributed by atoms with E-state index in [1.807, 2.05) is 42.5 Å². The van der Waals surface area contributed by atoms with Crippen molar-refractivity contribution in [2.45, 2.75) is 0 Å². The van der Waals surface area contributed by atoms with Gasteiger partial charge in [0.15, 0.2) is 0 Å². The van der Waals surface area contributed by atoms with Crippen molar-refractivity contribution < 1.29 is 4.74 Å². The van der Waals surface area contributed by atoms with Gasteiger partial charge in [-0.25, -0.2) is 15.0 Å². The number of methoxy groups -OCH3 is 1. The lowest BCUT2D eigenvalue weighted by atomic mass is 10.2. The molecule has 6 rings (SSSR count). The van der Waals surface area contributed by atoms with Gasteiger partial charge in [0.05, 0.1) is 51.0 Å². The summed E-state index contributed by atoms with van der Waals surface area (Å²) in [5.74, 6) is 2.36. The van der Waals surface area contributed by atoms with E-state index in [1.54, 1.807) is 13.4 Å². The van der Waals surface area contributed by atoms with Gasteiger partial charge in [0.2, 0.25) is 0 Å². The zero-order valence-corrected chi connectivity index (χ0v) is 17.4. The first-order chi connectivity index (χ1) is 14.7. The predicted molar refractivity (Wildman–Crippen MR) is 121 cm³/mol. The lowest BCUT2D eigenvalue weighted by Gasteiger charge is -2.01. The number of ether oxygens (including phenoxy) is 1. The normalized spacial score (nSPS) is 11.7. The number of imidazole rings is 3. The maximum atomic E-state index is 5.37. The van der Waals surface area contributed by atoms with E-state index in [0.717, 1.165) is 66.1 Å². The lowest BCUT2D eigenvalue weighted by molar-refractivity contribution is 0.412. The number of aromatic nitrogens is 6. The van der Waals surface area contributed by atoms with E-state index in [2.05, 4.69) is 41.9 Å². The molecule has 0 unspecified atom stereocenters. The molecular weight excluding hydrogens is 444 g/mol. The number of H-pyrrole nitrogens is 3. The van der Waals surface area contributed by atoms with Gasteiger partial charge in [-0.15, -0.1) is 0 Å². The van der Waals surface area contributed by atoms with Gasteiger partial charge in [-0.2, -0.15) is 0 Å². The van der Waals surface area contributed by atoms with E-state index in [9.17, 15) is 0 Å². The maximum Gasteiger partial charge on any atom is 0.138 e. The Hall–Kier alpha value is -3.65. The molecule has 3 heterocycles. The van der Waals surface area contributed by atoms with Gasteiger partial charge in [0.1, 0.15) is 17.4 Å². The van der Waals surface area contributed by atoms with Crippen molar-refractivity contribution >= 4 is 49.0 Å². The van der Waals surface area contributed by atoms with Crippen LogP contribution in [0.2, 0.25) is 0 Å². The number of nitrogens with zero attached hydrogens (tertiary/aromatic N) is 3. The van der Waals surface area contributed by atoms with Crippen LogP contribution in [0.15, 0.2) is 59.3 Å². The second-order valence-electron chi connectivity index (χ2n) is 7.04. The van der Waals surface area contributed by atoms with Crippen molar-refractivity contribution in [1.82, 2.24) is 29.9 Å². The van der Waals surface area contributed by atoms with E-state index in [0.29, 0.717) is 0 Å². The Morgan fingerprint density at radius 3 is 2.20 bits per heavy atom. The first-order valence-corrected chi connectivity index (χ1v) is 10.1. The molecule has 0 aliphatic heterocycles. The Balaban J connectivity index is 1.43. The fourth-order valence-corrected chi connectivity index (χ4v) is 4.19. The third kappa shape index (κ3) is 2.68. The molecule has 0 aliphatic rings. The first kappa shape index (κ1) is 17.2. The number of aromatic amines is 3. The average Bonchev–Trinajstić information content (AvgIpc) is 3.48. The number of rotatable bonds is 3. The molecule has 7 nitrogen and oxygen atoms in total. The lowest BCUT2D eigenvalue weighted by Crippen LogP contribution is -1.83. The van der Waals surface area contributed by atoms with Gasteiger partial charge in [0, 0.05) is 17.2 Å². The summed E-state index contributed by atoms with van der Waals surface area (Å²) >= 11 is 3.52. The van der Waals surface area contributed by atoms with E-state index < -0.39 is 0 Å². The molecule has 0 atom stereocenters. The van der Waals surface area contributed by atoms with Crippen molar-refractivity contribution in [3.8, 4) is 28.5 Å². The Kier molecular flexibility index (Phi) is 3.69. The Labute approximate surface area is 178 Å². The van der Waals surface area contributed by atoms with E-state index in [4.69, 9.17) is 14.7 Å². The van der Waals surface area contributed by atoms with Gasteiger partial charge in [-0.3, -0.25) is 0 Å². The van der Waals surface area contributed by atoms with Gasteiger partial charge in [0.25, 0.3) is 0 Å². The highest BCUT2D eigenvalue weighted by molar-refractivity contribution is 9.10. The highest BCUT2D eigenvalue weighted by Gasteiger charge is 2.12. The predicted octanol–water partition coefficient (Wildman–Crippen LogP) is 5.42. The van der Waals surface area contributed by atoms with Crippen LogP contribution in [-0.4, -0.2) is 37.0 Å². The Morgan fingerprint density at radius 2 is 1.43 bits per heavy atom. The fraction of sp³-hybridized carbons (Fsp3) is 0.0455. The van der Waals surface area contributed by atoms with Crippen LogP contribution < -0.4 is 4.74 Å². The monoisotopic (exact) mass is 458 g/mol. The Morgan fingerprint density at radius 1 is 0.767 bits per heavy atom. The molecular formula is C22H15BrN6O. The van der Waals surface area contributed by atoms with Crippen LogP contribution in [-0.2, 0) is 0 Å². The minimum atomic E-state index is 0.753. The number of fused-ring (bicyclic) bond motifs is 3. The van der Waals surface area contributed by atoms with Crippen LogP contribution in [0.4, 0.5) is 0 Å². The summed E-state index contributed by atoms with van der Waals surface area (Å²) in [5.41, 5.74) is 7.55. The summed E-state index contributed by atoms with van der Waals surface area (Å²) in [4.78, 5) is 23.7. The van der Waals surface area contributed by atoms with Gasteiger partial charge < -0.3 is 19.7 Å². The molecule has 0 spiro atoms. The molecule has 0 bridgehead atoms. The molecule has 0 fully saturated rings. The van der Waals surface area contributed by atoms with E-state index in [-0.39, 0.29) is 0 Å². The number of hydrogen-bond acceptors (Lipinski definition) is 4. The van der Waals surface area contributed by atoms with Gasteiger partial charge in [-0.1, -0.05) is 0 Å². The minimum Gasteiger partial charge on any atom is -0.495 e. The Bertz CT molecular complexity index is 1560. The van der Waals surface area contributed by atoms with Crippen LogP contribution in [0.25, 0.3) is 55.9 Å². The number of nitrogens with one attached hydrogen (secondary N) is 3. The molecule has 0 saturated carbocycles. The summed E-state index contributed by atoms with van der Waals surface area (Å²) in [6, 6.07) is 16.0. The molecule has 0 saturated heterocycles. The molecule has 30 heavy (non-hydrogen) atoms. The van der Waals surface area contributed by atoms with Crippen LogP contribution in [0, 0.1) is 0 Å². The molecule has 0 amide bonds. The van der Waals surface area contributed by atoms with Gasteiger partial charge >= 0.3 is 0 Å². The topological polar surface area (TPSA) is 95.3 Å². The quantitative estimate of drug-likeness (QED) is 0.329. The van der Waals surface area contributed by atoms with Crippen molar-refractivity contribution in [1.29, 1.82) is 0 Å². The van der Waals surface area contributed by atoms with Crippen LogP contribution in [0.1, 0.15) is 0 Å². The van der Waals surface area contributed by atoms with Crippen molar-refractivity contribution in [3.05, 3.63) is 59.3 Å². The molecule has 3 N–H and O–H groups in total. The molecule has 3 aromatic heterocycles. The van der Waals surface area contributed by atoms with Crippen LogP contribution >= 0.6 is 15.9 Å². The zero-order valence-electron chi connectivity index (χ0n) is 15.8. The highest BCUT2D eigenvalue weighted by atomic mass is 79.9. The molecule has 3 aromatic carbocycles. The van der Waals surface area contributed by atoms with Gasteiger partial charge in [-0.05, 0) is 58.4 Å². The van der Waals surface area contributed by atoms with Crippen LogP contribution in [0.3, 0.4) is 0 Å². The largest absolute Gasteiger partial charge is 0.495 e. The van der Waals surface area contributed by atoms with Crippen LogP contribution in [0.5, 0.6) is 5.75 Å².